The predicted octanol–water partition coefficient (Wildman–Crippen LogP) is 2.37. The molecule has 3 rings (SSSR count). The lowest BCUT2D eigenvalue weighted by Gasteiger charge is -2.33. The smallest absolute Gasteiger partial charge is 0.254 e. The Morgan fingerprint density at radius 2 is 1.77 bits per heavy atom. The minimum atomic E-state index is -0.811. The van der Waals surface area contributed by atoms with Crippen molar-refractivity contribution in [2.45, 2.75) is 19.9 Å². The first-order valence-electron chi connectivity index (χ1n) is 10.1. The number of hydrogen-bond acceptors (Lipinski definition) is 5. The molecule has 2 heterocycles. The van der Waals surface area contributed by atoms with E-state index in [4.69, 9.17) is 0 Å². The van der Waals surface area contributed by atoms with Crippen LogP contribution in [0.5, 0.6) is 0 Å². The number of benzene rings is 1. The molecule has 8 heteroatoms. The maximum Gasteiger partial charge on any atom is 0.254 e. The van der Waals surface area contributed by atoms with Gasteiger partial charge in [0.25, 0.3) is 5.91 Å². The summed E-state index contributed by atoms with van der Waals surface area (Å²) in [5, 5.41) is 5.43. The highest BCUT2D eigenvalue weighted by molar-refractivity contribution is 6.01. The minimum Gasteiger partial charge on any atom is -0.354 e. The largest absolute Gasteiger partial charge is 0.354 e. The average Bonchev–Trinajstić information content (AvgIpc) is 2.73. The minimum absolute atomic E-state index is 0.0888. The van der Waals surface area contributed by atoms with Crippen LogP contribution in [-0.2, 0) is 4.79 Å². The topological polar surface area (TPSA) is 77.6 Å². The van der Waals surface area contributed by atoms with Crippen molar-refractivity contribution < 1.29 is 14.0 Å². The highest BCUT2D eigenvalue weighted by Crippen LogP contribution is 2.17. The van der Waals surface area contributed by atoms with Gasteiger partial charge in [-0.2, -0.15) is 0 Å². The Kier molecular flexibility index (Phi) is 6.99. The molecule has 0 radical (unpaired) electrons. The number of piperazine rings is 1. The molecule has 0 spiro atoms. The number of likely N-dealkylation sites (N-methyl/N-ethyl adjacent to an activating group) is 1. The fourth-order valence-corrected chi connectivity index (χ4v) is 3.30. The summed E-state index contributed by atoms with van der Waals surface area (Å²) in [6, 6.07) is 8.56. The second-order valence-electron chi connectivity index (χ2n) is 7.86. The van der Waals surface area contributed by atoms with Gasteiger partial charge in [0.1, 0.15) is 17.7 Å². The second-order valence-corrected chi connectivity index (χ2v) is 7.86. The van der Waals surface area contributed by atoms with Gasteiger partial charge < -0.3 is 20.4 Å². The van der Waals surface area contributed by atoms with Crippen molar-refractivity contribution in [3.8, 4) is 0 Å². The molecule has 1 aromatic heterocycles. The van der Waals surface area contributed by atoms with E-state index in [0.29, 0.717) is 5.69 Å². The van der Waals surface area contributed by atoms with E-state index in [0.717, 1.165) is 32.0 Å². The zero-order chi connectivity index (χ0) is 21.7. The number of hydrogen-bond donors (Lipinski definition) is 2. The summed E-state index contributed by atoms with van der Waals surface area (Å²) in [5.41, 5.74) is 0.456. The molecule has 1 saturated heterocycles. The number of halogens is 1. The number of anilines is 2. The summed E-state index contributed by atoms with van der Waals surface area (Å²) >= 11 is 0. The molecule has 2 aromatic rings. The van der Waals surface area contributed by atoms with E-state index in [9.17, 15) is 14.0 Å². The van der Waals surface area contributed by atoms with E-state index in [2.05, 4.69) is 32.5 Å². The van der Waals surface area contributed by atoms with Crippen LogP contribution < -0.4 is 15.5 Å². The van der Waals surface area contributed by atoms with Gasteiger partial charge in [0.2, 0.25) is 5.91 Å². The zero-order valence-electron chi connectivity index (χ0n) is 17.6. The van der Waals surface area contributed by atoms with Gasteiger partial charge in [0.05, 0.1) is 17.4 Å². The molecule has 7 nitrogen and oxygen atoms in total. The van der Waals surface area contributed by atoms with Gasteiger partial charge in [-0.05, 0) is 37.2 Å². The Balaban J connectivity index is 1.63. The number of carbonyl (C=O) groups excluding carboxylic acids is 2. The van der Waals surface area contributed by atoms with Gasteiger partial charge >= 0.3 is 0 Å². The average molecular weight is 413 g/mol. The third-order valence-corrected chi connectivity index (χ3v) is 5.20. The van der Waals surface area contributed by atoms with Crippen molar-refractivity contribution in [3.63, 3.8) is 0 Å². The molecule has 1 atom stereocenters. The van der Waals surface area contributed by atoms with Gasteiger partial charge in [-0.25, -0.2) is 9.37 Å². The Bertz CT molecular complexity index is 879. The third kappa shape index (κ3) is 5.33. The molecule has 30 heavy (non-hydrogen) atoms. The van der Waals surface area contributed by atoms with Gasteiger partial charge in [-0.3, -0.25) is 9.59 Å². The van der Waals surface area contributed by atoms with Crippen LogP contribution in [0.15, 0.2) is 42.6 Å². The summed E-state index contributed by atoms with van der Waals surface area (Å²) in [5.74, 6) is -0.927. The number of nitrogens with one attached hydrogen (secondary N) is 2. The van der Waals surface area contributed by atoms with Gasteiger partial charge in [0, 0.05) is 26.2 Å². The Morgan fingerprint density at radius 3 is 2.37 bits per heavy atom. The van der Waals surface area contributed by atoms with E-state index >= 15 is 0 Å². The van der Waals surface area contributed by atoms with Gasteiger partial charge in [-0.1, -0.05) is 26.0 Å². The van der Waals surface area contributed by atoms with Crippen LogP contribution in [-0.4, -0.2) is 61.0 Å². The number of pyridine rings is 1. The standard InChI is InChI=1S/C22H28FN5O2/c1-15(2)20(26-21(29)17-6-4-5-7-18(17)23)22(30)25-16-8-9-19(24-14-16)28-12-10-27(3)11-13-28/h4-9,14-15,20H,10-13H2,1-3H3,(H,25,30)(H,26,29). The van der Waals surface area contributed by atoms with Crippen molar-refractivity contribution >= 4 is 23.3 Å². The summed E-state index contributed by atoms with van der Waals surface area (Å²) in [6.45, 7) is 7.43. The fourth-order valence-electron chi connectivity index (χ4n) is 3.30. The first-order chi connectivity index (χ1) is 14.3. The van der Waals surface area contributed by atoms with E-state index in [1.165, 1.54) is 18.2 Å². The molecule has 2 N–H and O–H groups in total. The zero-order valence-corrected chi connectivity index (χ0v) is 17.6. The lowest BCUT2D eigenvalue weighted by Crippen LogP contribution is -2.47. The molecule has 1 aliphatic heterocycles. The number of carbonyl (C=O) groups is 2. The van der Waals surface area contributed by atoms with E-state index < -0.39 is 17.8 Å². The molecule has 1 aliphatic rings. The molecule has 1 aromatic carbocycles. The second kappa shape index (κ2) is 9.67. The normalized spacial score (nSPS) is 15.7. The third-order valence-electron chi connectivity index (χ3n) is 5.20. The van der Waals surface area contributed by atoms with Crippen molar-refractivity contribution in [2.75, 3.05) is 43.4 Å². The Hall–Kier alpha value is -3.00. The van der Waals surface area contributed by atoms with Gasteiger partial charge in [0.15, 0.2) is 0 Å². The van der Waals surface area contributed by atoms with Crippen molar-refractivity contribution in [1.82, 2.24) is 15.2 Å². The van der Waals surface area contributed by atoms with E-state index in [1.807, 2.05) is 19.9 Å². The molecular formula is C22H28FN5O2. The number of nitrogens with zero attached hydrogens (tertiary/aromatic N) is 3. The van der Waals surface area contributed by atoms with Crippen molar-refractivity contribution in [1.29, 1.82) is 0 Å². The van der Waals surface area contributed by atoms with Crippen LogP contribution in [0.25, 0.3) is 0 Å². The van der Waals surface area contributed by atoms with Crippen LogP contribution >= 0.6 is 0 Å². The van der Waals surface area contributed by atoms with Crippen LogP contribution in [0, 0.1) is 11.7 Å². The number of aromatic nitrogens is 1. The molecule has 1 unspecified atom stereocenters. The lowest BCUT2D eigenvalue weighted by molar-refractivity contribution is -0.118. The molecule has 2 amide bonds. The fraction of sp³-hybridized carbons (Fsp3) is 0.409. The maximum absolute atomic E-state index is 13.9. The lowest BCUT2D eigenvalue weighted by atomic mass is 10.0. The monoisotopic (exact) mass is 413 g/mol. The van der Waals surface area contributed by atoms with Crippen molar-refractivity contribution in [2.24, 2.45) is 5.92 Å². The van der Waals surface area contributed by atoms with Crippen LogP contribution in [0.4, 0.5) is 15.9 Å². The molecule has 160 valence electrons. The molecule has 0 saturated carbocycles. The van der Waals surface area contributed by atoms with E-state index in [-0.39, 0.29) is 17.4 Å². The SMILES string of the molecule is CC(C)C(NC(=O)c1ccccc1F)C(=O)Nc1ccc(N2CCN(C)CC2)nc1. The molecular weight excluding hydrogens is 385 g/mol. The summed E-state index contributed by atoms with van der Waals surface area (Å²) < 4.78 is 13.9. The summed E-state index contributed by atoms with van der Waals surface area (Å²) in [6.07, 6.45) is 1.61. The predicted molar refractivity (Wildman–Crippen MR) is 115 cm³/mol. The highest BCUT2D eigenvalue weighted by Gasteiger charge is 2.26. The van der Waals surface area contributed by atoms with E-state index in [1.54, 1.807) is 18.3 Å². The summed E-state index contributed by atoms with van der Waals surface area (Å²) in [7, 11) is 2.10. The molecule has 0 aliphatic carbocycles. The summed E-state index contributed by atoms with van der Waals surface area (Å²) in [4.78, 5) is 34.1. The van der Waals surface area contributed by atoms with Crippen LogP contribution in [0.2, 0.25) is 0 Å². The first kappa shape index (κ1) is 21.7. The number of rotatable bonds is 6. The van der Waals surface area contributed by atoms with Crippen molar-refractivity contribution in [3.05, 3.63) is 54.0 Å². The maximum atomic E-state index is 13.9. The van der Waals surface area contributed by atoms with Crippen LogP contribution in [0.3, 0.4) is 0 Å². The Labute approximate surface area is 176 Å². The number of amides is 2. The first-order valence-corrected chi connectivity index (χ1v) is 10.1. The Morgan fingerprint density at radius 1 is 1.07 bits per heavy atom. The van der Waals surface area contributed by atoms with Gasteiger partial charge in [-0.15, -0.1) is 0 Å². The quantitative estimate of drug-likeness (QED) is 0.760. The molecule has 1 fully saturated rings. The highest BCUT2D eigenvalue weighted by atomic mass is 19.1. The van der Waals surface area contributed by atoms with Crippen LogP contribution in [0.1, 0.15) is 24.2 Å². The molecule has 0 bridgehead atoms.